The fourth-order valence-electron chi connectivity index (χ4n) is 6.43. The molecular formula is C40H42O19. The van der Waals surface area contributed by atoms with Crippen LogP contribution >= 0.6 is 0 Å². The smallest absolute Gasteiger partial charge is 0.350 e. The number of esters is 2. The highest BCUT2D eigenvalue weighted by Crippen LogP contribution is 2.34. The van der Waals surface area contributed by atoms with Crippen LogP contribution < -0.4 is 9.47 Å². The standard InChI is InChI=1S/C40H42O19/c41-16-27-29(44)31(46)33(48)37(58-27)56-25-10-8-23(42)14-21(25)13-20-7-4-12-40(53,35(20)50)39(52)55-17-22-15-24(43)9-11-26(22)57-38-34(49)32(47)30(45)28(59-38)18-54-36(51)19-5-2-1-3-6-19/h1-6,8-15,27-34,37-38,41-49,53H,7,16-18H2. The average molecular weight is 827 g/mol. The third kappa shape index (κ3) is 9.40. The molecule has 6 rings (SSSR count). The second-order valence-corrected chi connectivity index (χ2v) is 13.9. The van der Waals surface area contributed by atoms with Gasteiger partial charge in [-0.15, -0.1) is 0 Å². The summed E-state index contributed by atoms with van der Waals surface area (Å²) in [5.41, 5.74) is -2.92. The van der Waals surface area contributed by atoms with Gasteiger partial charge in [0.15, 0.2) is 0 Å². The molecule has 10 N–H and O–H groups in total. The fourth-order valence-corrected chi connectivity index (χ4v) is 6.43. The molecule has 1 aliphatic carbocycles. The van der Waals surface area contributed by atoms with Gasteiger partial charge in [0.1, 0.15) is 85.0 Å². The average Bonchev–Trinajstić information content (AvgIpc) is 3.23. The van der Waals surface area contributed by atoms with Gasteiger partial charge in [-0.3, -0.25) is 4.79 Å². The number of hydrogen-bond donors (Lipinski definition) is 10. The molecule has 3 aliphatic rings. The van der Waals surface area contributed by atoms with Crippen molar-refractivity contribution in [1.29, 1.82) is 0 Å². The van der Waals surface area contributed by atoms with E-state index in [-0.39, 0.29) is 51.7 Å². The number of allylic oxidation sites excluding steroid dienone is 1. The van der Waals surface area contributed by atoms with E-state index in [0.29, 0.717) is 0 Å². The van der Waals surface area contributed by atoms with E-state index >= 15 is 0 Å². The highest BCUT2D eigenvalue weighted by molar-refractivity contribution is 6.19. The van der Waals surface area contributed by atoms with Crippen molar-refractivity contribution in [3.8, 4) is 23.0 Å². The quantitative estimate of drug-likeness (QED) is 0.0439. The maximum Gasteiger partial charge on any atom is 0.350 e. The SMILES string of the molecule is O=C(OCC1OC(Oc2ccc(O)cc2COC(=O)C2(O)C=CCC(=Cc3cc(O)ccc3OC3OC(CO)C(O)C(O)C3O)C2=O)C(O)C(O)C1O)c1ccccc1. The first kappa shape index (κ1) is 43.1. The van der Waals surface area contributed by atoms with Crippen LogP contribution in [0.3, 0.4) is 0 Å². The first-order valence-electron chi connectivity index (χ1n) is 18.1. The minimum absolute atomic E-state index is 0.000712. The Morgan fingerprint density at radius 3 is 2.00 bits per heavy atom. The van der Waals surface area contributed by atoms with Gasteiger partial charge in [-0.1, -0.05) is 24.3 Å². The molecule has 59 heavy (non-hydrogen) atoms. The van der Waals surface area contributed by atoms with E-state index in [1.807, 2.05) is 0 Å². The number of aliphatic hydroxyl groups excluding tert-OH is 7. The van der Waals surface area contributed by atoms with Crippen LogP contribution in [0.25, 0.3) is 6.08 Å². The Morgan fingerprint density at radius 2 is 1.34 bits per heavy atom. The largest absolute Gasteiger partial charge is 0.508 e. The third-order valence-electron chi connectivity index (χ3n) is 9.76. The minimum atomic E-state index is -2.88. The predicted molar refractivity (Wildman–Crippen MR) is 196 cm³/mol. The van der Waals surface area contributed by atoms with Crippen molar-refractivity contribution in [1.82, 2.24) is 0 Å². The number of benzene rings is 3. The van der Waals surface area contributed by atoms with Crippen molar-refractivity contribution < 1.29 is 93.9 Å². The summed E-state index contributed by atoms with van der Waals surface area (Å²) >= 11 is 0. The monoisotopic (exact) mass is 826 g/mol. The molecule has 0 radical (unpaired) electrons. The zero-order valence-corrected chi connectivity index (χ0v) is 30.8. The summed E-state index contributed by atoms with van der Waals surface area (Å²) < 4.78 is 33.0. The summed E-state index contributed by atoms with van der Waals surface area (Å²) in [4.78, 5) is 39.5. The van der Waals surface area contributed by atoms with Crippen LogP contribution in [0.15, 0.2) is 84.5 Å². The topological polar surface area (TPSA) is 309 Å². The van der Waals surface area contributed by atoms with Crippen molar-refractivity contribution in [2.75, 3.05) is 13.2 Å². The number of aromatic hydroxyl groups is 2. The van der Waals surface area contributed by atoms with Crippen LogP contribution in [-0.2, 0) is 35.1 Å². The van der Waals surface area contributed by atoms with Crippen LogP contribution in [0.5, 0.6) is 23.0 Å². The predicted octanol–water partition coefficient (Wildman–Crippen LogP) is -1.29. The third-order valence-corrected chi connectivity index (χ3v) is 9.76. The summed E-state index contributed by atoms with van der Waals surface area (Å²) in [5.74, 6) is -4.25. The molecule has 11 atom stereocenters. The molecule has 0 saturated carbocycles. The van der Waals surface area contributed by atoms with Gasteiger partial charge >= 0.3 is 11.9 Å². The normalized spacial score (nSPS) is 31.4. The maximum absolute atomic E-state index is 13.7. The number of carbonyl (C=O) groups excluding carboxylic acids is 3. The maximum atomic E-state index is 13.7. The van der Waals surface area contributed by atoms with Gasteiger partial charge in [-0.25, -0.2) is 9.59 Å². The van der Waals surface area contributed by atoms with Gasteiger partial charge < -0.3 is 79.5 Å². The van der Waals surface area contributed by atoms with Crippen molar-refractivity contribution in [3.05, 3.63) is 101 Å². The molecule has 0 spiro atoms. The highest BCUT2D eigenvalue weighted by atomic mass is 16.7. The zero-order chi connectivity index (χ0) is 42.6. The van der Waals surface area contributed by atoms with Gasteiger partial charge in [0.2, 0.25) is 24.0 Å². The second-order valence-electron chi connectivity index (χ2n) is 13.9. The Bertz CT molecular complexity index is 2050. The van der Waals surface area contributed by atoms with Crippen molar-refractivity contribution in [3.63, 3.8) is 0 Å². The number of phenols is 2. The Kier molecular flexibility index (Phi) is 13.3. The van der Waals surface area contributed by atoms with Crippen LogP contribution in [0.2, 0.25) is 0 Å². The van der Waals surface area contributed by atoms with Crippen molar-refractivity contribution >= 4 is 23.8 Å². The zero-order valence-electron chi connectivity index (χ0n) is 30.8. The summed E-state index contributed by atoms with van der Waals surface area (Å²) in [5, 5.41) is 104. The molecule has 19 heteroatoms. The molecule has 0 bridgehead atoms. The first-order valence-corrected chi connectivity index (χ1v) is 18.1. The molecule has 2 heterocycles. The summed E-state index contributed by atoms with van der Waals surface area (Å²) in [6.45, 7) is -2.01. The van der Waals surface area contributed by atoms with Crippen LogP contribution in [0.1, 0.15) is 27.9 Å². The highest BCUT2D eigenvalue weighted by Gasteiger charge is 2.48. The van der Waals surface area contributed by atoms with Gasteiger partial charge in [0.25, 0.3) is 0 Å². The number of rotatable bonds is 12. The van der Waals surface area contributed by atoms with Crippen LogP contribution in [0.4, 0.5) is 0 Å². The second kappa shape index (κ2) is 18.2. The minimum Gasteiger partial charge on any atom is -0.508 e. The molecule has 2 saturated heterocycles. The lowest BCUT2D eigenvalue weighted by Crippen LogP contribution is -2.60. The van der Waals surface area contributed by atoms with Crippen LogP contribution in [-0.4, -0.2) is 149 Å². The lowest BCUT2D eigenvalue weighted by atomic mass is 9.85. The van der Waals surface area contributed by atoms with E-state index in [9.17, 15) is 65.4 Å². The number of Topliss-reactive ketones (excluding diaryl/α,β-unsaturated/α-hetero) is 1. The molecule has 316 valence electrons. The van der Waals surface area contributed by atoms with Crippen molar-refractivity contribution in [2.45, 2.75) is 80.0 Å². The molecule has 19 nitrogen and oxygen atoms in total. The summed E-state index contributed by atoms with van der Waals surface area (Å²) in [7, 11) is 0. The molecular weight excluding hydrogens is 784 g/mol. The number of ketones is 1. The Balaban J connectivity index is 1.14. The molecule has 11 unspecified atom stereocenters. The van der Waals surface area contributed by atoms with Gasteiger partial charge in [-0.2, -0.15) is 0 Å². The Morgan fingerprint density at radius 1 is 0.746 bits per heavy atom. The lowest BCUT2D eigenvalue weighted by Gasteiger charge is -2.40. The Hall–Kier alpha value is -5.45. The molecule has 0 amide bonds. The van der Waals surface area contributed by atoms with Crippen molar-refractivity contribution in [2.24, 2.45) is 0 Å². The molecule has 2 aliphatic heterocycles. The number of carbonyl (C=O) groups is 3. The van der Waals surface area contributed by atoms with E-state index in [1.165, 1.54) is 48.6 Å². The van der Waals surface area contributed by atoms with Crippen LogP contribution in [0, 0.1) is 0 Å². The fraction of sp³-hybridized carbons (Fsp3) is 0.375. The van der Waals surface area contributed by atoms with Gasteiger partial charge in [0, 0.05) is 16.7 Å². The van der Waals surface area contributed by atoms with E-state index in [2.05, 4.69) is 0 Å². The molecule has 0 aromatic heterocycles. The van der Waals surface area contributed by atoms with Gasteiger partial charge in [0.05, 0.1) is 12.2 Å². The van der Waals surface area contributed by atoms with E-state index in [0.717, 1.165) is 18.2 Å². The van der Waals surface area contributed by atoms with E-state index in [4.69, 9.17) is 28.4 Å². The van der Waals surface area contributed by atoms with E-state index in [1.54, 1.807) is 18.2 Å². The molecule has 3 aromatic rings. The summed E-state index contributed by atoms with van der Waals surface area (Å²) in [6, 6.07) is 15.0. The lowest BCUT2D eigenvalue weighted by molar-refractivity contribution is -0.277. The van der Waals surface area contributed by atoms with Gasteiger partial charge in [-0.05, 0) is 67.1 Å². The molecule has 3 aromatic carbocycles. The number of phenolic OH excluding ortho intramolecular Hbond substituents is 2. The number of hydrogen-bond acceptors (Lipinski definition) is 19. The summed E-state index contributed by atoms with van der Waals surface area (Å²) in [6.07, 6.45) is -13.3. The Labute approximate surface area is 334 Å². The molecule has 2 fully saturated rings. The van der Waals surface area contributed by atoms with E-state index < -0.39 is 105 Å². The first-order chi connectivity index (χ1) is 28.1. The number of aliphatic hydroxyl groups is 8. The number of ether oxygens (including phenoxy) is 6.